The fourth-order valence-corrected chi connectivity index (χ4v) is 4.77. The maximum atomic E-state index is 12.5. The lowest BCUT2D eigenvalue weighted by Gasteiger charge is -2.33. The van der Waals surface area contributed by atoms with E-state index in [2.05, 4.69) is 57.0 Å². The summed E-state index contributed by atoms with van der Waals surface area (Å²) in [5.74, 6) is 0.791. The maximum Gasteiger partial charge on any atom is 0.233 e. The van der Waals surface area contributed by atoms with Gasteiger partial charge in [0, 0.05) is 39.1 Å². The molecule has 0 aliphatic carbocycles. The highest BCUT2D eigenvalue weighted by Crippen LogP contribution is 2.39. The van der Waals surface area contributed by atoms with Crippen LogP contribution in [0, 0.1) is 0 Å². The van der Waals surface area contributed by atoms with Crippen molar-refractivity contribution >= 4 is 23.6 Å². The molecule has 0 unspecified atom stereocenters. The van der Waals surface area contributed by atoms with Crippen molar-refractivity contribution in [1.29, 1.82) is 0 Å². The van der Waals surface area contributed by atoms with Crippen LogP contribution in [0.5, 0.6) is 0 Å². The quantitative estimate of drug-likeness (QED) is 0.794. The van der Waals surface area contributed by atoms with Crippen LogP contribution >= 0.6 is 11.8 Å². The normalized spacial score (nSPS) is 21.8. The molecule has 5 nitrogen and oxygen atoms in total. The van der Waals surface area contributed by atoms with Crippen LogP contribution < -0.4 is 0 Å². The van der Waals surface area contributed by atoms with Crippen molar-refractivity contribution < 1.29 is 9.59 Å². The van der Waals surface area contributed by atoms with Crippen LogP contribution in [-0.4, -0.2) is 72.0 Å². The molecule has 0 spiro atoms. The molecule has 3 rings (SSSR count). The fraction of sp³-hybridized carbons (Fsp3) is 0.619. The standard InChI is InChI=1S/C21H31N3O2S/c1-21(2,3)17-7-5-16(6-8-17)20-24(19(26)15-27-20)10-9-18(25)23-13-11-22(4)12-14-23/h5-8,20H,9-15H2,1-4H3/t20-/m1/s1. The highest BCUT2D eigenvalue weighted by atomic mass is 32.2. The van der Waals surface area contributed by atoms with Crippen molar-refractivity contribution in [2.24, 2.45) is 0 Å². The van der Waals surface area contributed by atoms with Crippen LogP contribution in [0.3, 0.4) is 0 Å². The second-order valence-electron chi connectivity index (χ2n) is 8.56. The van der Waals surface area contributed by atoms with Gasteiger partial charge in [0.25, 0.3) is 0 Å². The largest absolute Gasteiger partial charge is 0.340 e. The zero-order valence-corrected chi connectivity index (χ0v) is 17.7. The van der Waals surface area contributed by atoms with Gasteiger partial charge in [-0.3, -0.25) is 9.59 Å². The molecule has 2 aliphatic heterocycles. The number of piperazine rings is 1. The predicted molar refractivity (Wildman–Crippen MR) is 111 cm³/mol. The van der Waals surface area contributed by atoms with Crippen molar-refractivity contribution in [2.45, 2.75) is 38.0 Å². The molecule has 148 valence electrons. The smallest absolute Gasteiger partial charge is 0.233 e. The first-order valence-electron chi connectivity index (χ1n) is 9.73. The van der Waals surface area contributed by atoms with Gasteiger partial charge in [0.2, 0.25) is 11.8 Å². The molecule has 2 amide bonds. The first kappa shape index (κ1) is 20.2. The Balaban J connectivity index is 1.62. The molecule has 6 heteroatoms. The number of carbonyl (C=O) groups excluding carboxylic acids is 2. The van der Waals surface area contributed by atoms with Crippen molar-refractivity contribution in [3.8, 4) is 0 Å². The van der Waals surface area contributed by atoms with E-state index in [-0.39, 0.29) is 22.6 Å². The molecule has 27 heavy (non-hydrogen) atoms. The van der Waals surface area contributed by atoms with Crippen molar-refractivity contribution in [2.75, 3.05) is 45.5 Å². The third-order valence-electron chi connectivity index (χ3n) is 5.45. The Morgan fingerprint density at radius 2 is 1.74 bits per heavy atom. The summed E-state index contributed by atoms with van der Waals surface area (Å²) in [7, 11) is 2.08. The highest BCUT2D eigenvalue weighted by Gasteiger charge is 2.33. The summed E-state index contributed by atoms with van der Waals surface area (Å²) in [5, 5.41) is 0.0202. The minimum absolute atomic E-state index is 0.0202. The number of hydrogen-bond donors (Lipinski definition) is 0. The van der Waals surface area contributed by atoms with Gasteiger partial charge in [-0.25, -0.2) is 0 Å². The molecule has 2 saturated heterocycles. The number of benzene rings is 1. The summed E-state index contributed by atoms with van der Waals surface area (Å²) in [4.78, 5) is 31.0. The molecule has 1 aromatic carbocycles. The molecule has 0 saturated carbocycles. The van der Waals surface area contributed by atoms with Crippen molar-refractivity contribution in [3.63, 3.8) is 0 Å². The Morgan fingerprint density at radius 1 is 1.11 bits per heavy atom. The van der Waals surface area contributed by atoms with Gasteiger partial charge in [-0.15, -0.1) is 11.8 Å². The molecule has 0 bridgehead atoms. The van der Waals surface area contributed by atoms with E-state index < -0.39 is 0 Å². The molecule has 2 aliphatic rings. The van der Waals surface area contributed by atoms with Gasteiger partial charge in [-0.2, -0.15) is 0 Å². The van der Waals surface area contributed by atoms with Crippen molar-refractivity contribution in [3.05, 3.63) is 35.4 Å². The second kappa shape index (κ2) is 8.23. The number of rotatable bonds is 4. The summed E-state index contributed by atoms with van der Waals surface area (Å²) in [6, 6.07) is 8.58. The minimum atomic E-state index is 0.0202. The third kappa shape index (κ3) is 4.85. The average molecular weight is 390 g/mol. The van der Waals surface area contributed by atoms with Gasteiger partial charge >= 0.3 is 0 Å². The van der Waals surface area contributed by atoms with E-state index in [4.69, 9.17) is 0 Å². The van der Waals surface area contributed by atoms with Crippen LogP contribution in [0.1, 0.15) is 43.7 Å². The van der Waals surface area contributed by atoms with E-state index in [9.17, 15) is 9.59 Å². The van der Waals surface area contributed by atoms with Crippen LogP contribution in [0.2, 0.25) is 0 Å². The molecular weight excluding hydrogens is 358 g/mol. The molecule has 0 N–H and O–H groups in total. The molecule has 1 aromatic rings. The van der Waals surface area contributed by atoms with Gasteiger partial charge in [-0.05, 0) is 23.6 Å². The average Bonchev–Trinajstić information content (AvgIpc) is 3.00. The zero-order chi connectivity index (χ0) is 19.6. The Kier molecular flexibility index (Phi) is 6.16. The second-order valence-corrected chi connectivity index (χ2v) is 9.63. The highest BCUT2D eigenvalue weighted by molar-refractivity contribution is 8.00. The first-order valence-corrected chi connectivity index (χ1v) is 10.8. The third-order valence-corrected chi connectivity index (χ3v) is 6.71. The van der Waals surface area contributed by atoms with Crippen LogP contribution in [0.15, 0.2) is 24.3 Å². The maximum absolute atomic E-state index is 12.5. The lowest BCUT2D eigenvalue weighted by Crippen LogP contribution is -2.47. The van der Waals surface area contributed by atoms with E-state index in [1.165, 1.54) is 5.56 Å². The molecule has 2 fully saturated rings. The Bertz CT molecular complexity index is 676. The lowest BCUT2D eigenvalue weighted by atomic mass is 9.86. The zero-order valence-electron chi connectivity index (χ0n) is 16.9. The van der Waals surface area contributed by atoms with Crippen LogP contribution in [0.25, 0.3) is 0 Å². The number of thioether (sulfide) groups is 1. The van der Waals surface area contributed by atoms with E-state index in [0.717, 1.165) is 31.7 Å². The van der Waals surface area contributed by atoms with Gasteiger partial charge in [0.1, 0.15) is 5.37 Å². The minimum Gasteiger partial charge on any atom is -0.340 e. The number of nitrogens with zero attached hydrogens (tertiary/aromatic N) is 3. The summed E-state index contributed by atoms with van der Waals surface area (Å²) in [6.45, 7) is 10.5. The Morgan fingerprint density at radius 3 is 2.33 bits per heavy atom. The van der Waals surface area contributed by atoms with E-state index in [1.807, 2.05) is 9.80 Å². The van der Waals surface area contributed by atoms with Gasteiger partial charge in [-0.1, -0.05) is 45.0 Å². The first-order chi connectivity index (χ1) is 12.8. The number of hydrogen-bond acceptors (Lipinski definition) is 4. The summed E-state index contributed by atoms with van der Waals surface area (Å²) >= 11 is 1.66. The summed E-state index contributed by atoms with van der Waals surface area (Å²) in [6.07, 6.45) is 0.409. The number of amides is 2. The Labute approximate surface area is 167 Å². The topological polar surface area (TPSA) is 43.9 Å². The summed E-state index contributed by atoms with van der Waals surface area (Å²) < 4.78 is 0. The van der Waals surface area contributed by atoms with Crippen molar-refractivity contribution in [1.82, 2.24) is 14.7 Å². The monoisotopic (exact) mass is 389 g/mol. The van der Waals surface area contributed by atoms with E-state index in [0.29, 0.717) is 18.7 Å². The molecule has 0 radical (unpaired) electrons. The van der Waals surface area contributed by atoms with Gasteiger partial charge in [0.15, 0.2) is 0 Å². The lowest BCUT2D eigenvalue weighted by molar-refractivity contribution is -0.134. The molecule has 1 atom stereocenters. The van der Waals surface area contributed by atoms with Crippen LogP contribution in [-0.2, 0) is 15.0 Å². The Hall–Kier alpha value is -1.53. The molecule has 0 aromatic heterocycles. The van der Waals surface area contributed by atoms with Crippen LogP contribution in [0.4, 0.5) is 0 Å². The summed E-state index contributed by atoms with van der Waals surface area (Å²) in [5.41, 5.74) is 2.55. The van der Waals surface area contributed by atoms with E-state index >= 15 is 0 Å². The van der Waals surface area contributed by atoms with Gasteiger partial charge in [0.05, 0.1) is 5.75 Å². The molecular formula is C21H31N3O2S. The number of carbonyl (C=O) groups is 2. The predicted octanol–water partition coefficient (Wildman–Crippen LogP) is 2.72. The fourth-order valence-electron chi connectivity index (χ4n) is 3.55. The van der Waals surface area contributed by atoms with E-state index in [1.54, 1.807) is 11.8 Å². The SMILES string of the molecule is CN1CCN(C(=O)CCN2C(=O)CS[C@@H]2c2ccc(C(C)(C)C)cc2)CC1. The molecule has 2 heterocycles. The number of likely N-dealkylation sites (N-methyl/N-ethyl adjacent to an activating group) is 1. The van der Waals surface area contributed by atoms with Gasteiger partial charge < -0.3 is 14.7 Å².